The number of amides is 1. The summed E-state index contributed by atoms with van der Waals surface area (Å²) in [6.07, 6.45) is 3.36. The van der Waals surface area contributed by atoms with Crippen molar-refractivity contribution in [3.05, 3.63) is 78.0 Å². The molecule has 174 valence electrons. The number of carbonyl (C=O) groups excluding carboxylic acids is 1. The molecule has 5 rings (SSSR count). The molecule has 34 heavy (non-hydrogen) atoms. The minimum absolute atomic E-state index is 0.0936. The van der Waals surface area contributed by atoms with E-state index in [0.717, 1.165) is 54.3 Å². The Morgan fingerprint density at radius 3 is 2.50 bits per heavy atom. The Bertz CT molecular complexity index is 1300. The van der Waals surface area contributed by atoms with Gasteiger partial charge in [-0.2, -0.15) is 5.10 Å². The summed E-state index contributed by atoms with van der Waals surface area (Å²) in [6.45, 7) is 6.10. The summed E-state index contributed by atoms with van der Waals surface area (Å²) in [5, 5.41) is 8.35. The van der Waals surface area contributed by atoms with Crippen LogP contribution >= 0.6 is 0 Å². The van der Waals surface area contributed by atoms with Crippen LogP contribution in [0.4, 0.5) is 15.9 Å². The molecule has 0 unspecified atom stereocenters. The number of nitrogens with zero attached hydrogens (tertiary/aromatic N) is 6. The van der Waals surface area contributed by atoms with E-state index in [2.05, 4.69) is 30.2 Å². The average molecular weight is 460 g/mol. The number of nitrogens with one attached hydrogen (secondary N) is 1. The zero-order valence-corrected chi connectivity index (χ0v) is 19.0. The number of rotatable bonds is 6. The molecule has 1 aliphatic rings. The Morgan fingerprint density at radius 1 is 1.00 bits per heavy atom. The average Bonchev–Trinajstić information content (AvgIpc) is 3.28. The second-order valence-corrected chi connectivity index (χ2v) is 8.32. The van der Waals surface area contributed by atoms with Gasteiger partial charge in [0.2, 0.25) is 0 Å². The molecule has 3 heterocycles. The quantitative estimate of drug-likeness (QED) is 0.478. The summed E-state index contributed by atoms with van der Waals surface area (Å²) in [5.41, 5.74) is 3.39. The number of piperazine rings is 1. The molecular weight excluding hydrogens is 433 g/mol. The molecule has 1 amide bonds. The SMILES string of the molecule is Cc1ccccc1C(=O)NCCn1ncc2c(N3CCN(c4ccc(F)cc4)CC3)ncnc21. The Hall–Kier alpha value is -4.01. The number of benzene rings is 2. The molecule has 1 N–H and O–H groups in total. The van der Waals surface area contributed by atoms with Crippen LogP contribution in [-0.2, 0) is 6.54 Å². The molecule has 1 aliphatic heterocycles. The van der Waals surface area contributed by atoms with E-state index in [1.54, 1.807) is 17.2 Å². The molecular formula is C25H26FN7O. The highest BCUT2D eigenvalue weighted by Gasteiger charge is 2.21. The third-order valence-corrected chi connectivity index (χ3v) is 6.18. The molecule has 0 saturated carbocycles. The zero-order valence-electron chi connectivity index (χ0n) is 19.0. The van der Waals surface area contributed by atoms with Crippen LogP contribution in [0.15, 0.2) is 61.1 Å². The summed E-state index contributed by atoms with van der Waals surface area (Å²) in [7, 11) is 0. The van der Waals surface area contributed by atoms with Crippen LogP contribution in [0.25, 0.3) is 11.0 Å². The molecule has 0 atom stereocenters. The van der Waals surface area contributed by atoms with Gasteiger partial charge >= 0.3 is 0 Å². The number of carbonyl (C=O) groups is 1. The van der Waals surface area contributed by atoms with Gasteiger partial charge in [0.15, 0.2) is 5.65 Å². The lowest BCUT2D eigenvalue weighted by Crippen LogP contribution is -2.46. The smallest absolute Gasteiger partial charge is 0.251 e. The van der Waals surface area contributed by atoms with Crippen molar-refractivity contribution >= 4 is 28.4 Å². The largest absolute Gasteiger partial charge is 0.368 e. The van der Waals surface area contributed by atoms with Crippen molar-refractivity contribution in [2.45, 2.75) is 13.5 Å². The molecule has 0 aliphatic carbocycles. The number of hydrogen-bond acceptors (Lipinski definition) is 6. The molecule has 2 aromatic carbocycles. The van der Waals surface area contributed by atoms with Gasteiger partial charge in [-0.05, 0) is 42.8 Å². The highest BCUT2D eigenvalue weighted by atomic mass is 19.1. The van der Waals surface area contributed by atoms with Crippen molar-refractivity contribution < 1.29 is 9.18 Å². The molecule has 0 bridgehead atoms. The Labute approximate surface area is 197 Å². The van der Waals surface area contributed by atoms with Crippen molar-refractivity contribution in [3.63, 3.8) is 0 Å². The van der Waals surface area contributed by atoms with Gasteiger partial charge in [-0.15, -0.1) is 0 Å². The summed E-state index contributed by atoms with van der Waals surface area (Å²) >= 11 is 0. The van der Waals surface area contributed by atoms with Crippen LogP contribution in [0.1, 0.15) is 15.9 Å². The second kappa shape index (κ2) is 9.46. The highest BCUT2D eigenvalue weighted by Crippen LogP contribution is 2.25. The lowest BCUT2D eigenvalue weighted by molar-refractivity contribution is 0.0951. The zero-order chi connectivity index (χ0) is 23.5. The summed E-state index contributed by atoms with van der Waals surface area (Å²) in [6, 6.07) is 14.1. The van der Waals surface area contributed by atoms with Gasteiger partial charge in [-0.3, -0.25) is 4.79 Å². The van der Waals surface area contributed by atoms with E-state index in [1.165, 1.54) is 12.1 Å². The van der Waals surface area contributed by atoms with Gasteiger partial charge in [0, 0.05) is 44.0 Å². The van der Waals surface area contributed by atoms with Crippen LogP contribution in [0.3, 0.4) is 0 Å². The summed E-state index contributed by atoms with van der Waals surface area (Å²) in [5.74, 6) is 0.542. The Morgan fingerprint density at radius 2 is 1.74 bits per heavy atom. The third-order valence-electron chi connectivity index (χ3n) is 6.18. The van der Waals surface area contributed by atoms with Crippen LogP contribution in [0.5, 0.6) is 0 Å². The molecule has 4 aromatic rings. The minimum atomic E-state index is -0.225. The monoisotopic (exact) mass is 459 g/mol. The number of aromatic nitrogens is 4. The van der Waals surface area contributed by atoms with Crippen molar-refractivity contribution in [2.75, 3.05) is 42.5 Å². The predicted molar refractivity (Wildman–Crippen MR) is 130 cm³/mol. The number of halogens is 1. The van der Waals surface area contributed by atoms with E-state index in [0.29, 0.717) is 18.7 Å². The van der Waals surface area contributed by atoms with Gasteiger partial charge in [0.1, 0.15) is 18.0 Å². The Balaban J connectivity index is 1.23. The topological polar surface area (TPSA) is 79.2 Å². The lowest BCUT2D eigenvalue weighted by atomic mass is 10.1. The first-order valence-corrected chi connectivity index (χ1v) is 11.4. The van der Waals surface area contributed by atoms with E-state index >= 15 is 0 Å². The van der Waals surface area contributed by atoms with Crippen LogP contribution in [0.2, 0.25) is 0 Å². The molecule has 2 aromatic heterocycles. The van der Waals surface area contributed by atoms with Gasteiger partial charge in [0.05, 0.1) is 18.1 Å². The maximum Gasteiger partial charge on any atom is 0.251 e. The second-order valence-electron chi connectivity index (χ2n) is 8.32. The highest BCUT2D eigenvalue weighted by molar-refractivity contribution is 5.95. The molecule has 9 heteroatoms. The van der Waals surface area contributed by atoms with E-state index in [9.17, 15) is 9.18 Å². The number of aryl methyl sites for hydroxylation is 1. The van der Waals surface area contributed by atoms with Crippen LogP contribution < -0.4 is 15.1 Å². The summed E-state index contributed by atoms with van der Waals surface area (Å²) < 4.78 is 15.0. The van der Waals surface area contributed by atoms with E-state index in [-0.39, 0.29) is 11.7 Å². The fraction of sp³-hybridized carbons (Fsp3) is 0.280. The maximum absolute atomic E-state index is 13.2. The van der Waals surface area contributed by atoms with E-state index in [1.807, 2.05) is 43.3 Å². The molecule has 0 radical (unpaired) electrons. The number of anilines is 2. The first-order valence-electron chi connectivity index (χ1n) is 11.4. The van der Waals surface area contributed by atoms with Crippen molar-refractivity contribution in [3.8, 4) is 0 Å². The fourth-order valence-electron chi connectivity index (χ4n) is 4.32. The third kappa shape index (κ3) is 4.41. The van der Waals surface area contributed by atoms with E-state index in [4.69, 9.17) is 0 Å². The lowest BCUT2D eigenvalue weighted by Gasteiger charge is -2.36. The van der Waals surface area contributed by atoms with Gasteiger partial charge < -0.3 is 15.1 Å². The standard InChI is InChI=1S/C25H26FN7O/c1-18-4-2-3-5-21(18)25(34)27-10-11-33-24-22(16-30-33)23(28-17-29-24)32-14-12-31(13-15-32)20-8-6-19(26)7-9-20/h2-9,16-17H,10-15H2,1H3,(H,27,34). The molecule has 1 saturated heterocycles. The summed E-state index contributed by atoms with van der Waals surface area (Å²) in [4.78, 5) is 25.9. The van der Waals surface area contributed by atoms with Crippen molar-refractivity contribution in [2.24, 2.45) is 0 Å². The van der Waals surface area contributed by atoms with Crippen LogP contribution in [0, 0.1) is 12.7 Å². The van der Waals surface area contributed by atoms with Gasteiger partial charge in [0.25, 0.3) is 5.91 Å². The van der Waals surface area contributed by atoms with Crippen molar-refractivity contribution in [1.82, 2.24) is 25.1 Å². The molecule has 0 spiro atoms. The van der Waals surface area contributed by atoms with Gasteiger partial charge in [-0.1, -0.05) is 18.2 Å². The first kappa shape index (κ1) is 21.8. The van der Waals surface area contributed by atoms with Gasteiger partial charge in [-0.25, -0.2) is 19.0 Å². The van der Waals surface area contributed by atoms with Crippen LogP contribution in [-0.4, -0.2) is 58.4 Å². The molecule has 1 fully saturated rings. The normalized spacial score (nSPS) is 13.9. The fourth-order valence-corrected chi connectivity index (χ4v) is 4.32. The maximum atomic E-state index is 13.2. The number of fused-ring (bicyclic) bond motifs is 1. The predicted octanol–water partition coefficient (Wildman–Crippen LogP) is 3.03. The van der Waals surface area contributed by atoms with E-state index < -0.39 is 0 Å². The minimum Gasteiger partial charge on any atom is -0.368 e. The first-order chi connectivity index (χ1) is 16.6. The van der Waals surface area contributed by atoms with Crippen molar-refractivity contribution in [1.29, 1.82) is 0 Å². The number of hydrogen-bond donors (Lipinski definition) is 1. The molecule has 8 nitrogen and oxygen atoms in total. The Kier molecular flexibility index (Phi) is 6.07.